The van der Waals surface area contributed by atoms with Crippen molar-refractivity contribution < 1.29 is 14.3 Å². The molecule has 0 spiro atoms. The van der Waals surface area contributed by atoms with E-state index < -0.39 is 0 Å². The van der Waals surface area contributed by atoms with E-state index in [1.807, 2.05) is 24.8 Å². The van der Waals surface area contributed by atoms with Gasteiger partial charge in [0.15, 0.2) is 5.96 Å². The van der Waals surface area contributed by atoms with Gasteiger partial charge in [0.05, 0.1) is 13.0 Å². The Kier molecular flexibility index (Phi) is 10.0. The molecule has 1 amide bonds. The highest BCUT2D eigenvalue weighted by molar-refractivity contribution is 14.0. The lowest BCUT2D eigenvalue weighted by Gasteiger charge is -2.21. The normalized spacial score (nSPS) is 19.0. The maximum absolute atomic E-state index is 12.2. The zero-order valence-corrected chi connectivity index (χ0v) is 19.7. The van der Waals surface area contributed by atoms with E-state index in [0.717, 1.165) is 5.56 Å². The second-order valence-electron chi connectivity index (χ2n) is 6.70. The molecule has 1 aliphatic heterocycles. The number of halogens is 2. The standard InChI is InChI=1S/C19H27ClN4O3.HI/c1-12-10-24(11-14(12)18(26)27-4)19(21-3)22-9-8-17(25)23-16-7-5-6-15(20)13(16)2;/h5-7,12,14H,8-11H2,1-4H3,(H,21,22)(H,23,25);1H. The number of methoxy groups -OCH3 is 1. The van der Waals surface area contributed by atoms with E-state index in [9.17, 15) is 9.59 Å². The zero-order chi connectivity index (χ0) is 20.0. The maximum atomic E-state index is 12.2. The quantitative estimate of drug-likeness (QED) is 0.269. The summed E-state index contributed by atoms with van der Waals surface area (Å²) >= 11 is 6.07. The van der Waals surface area contributed by atoms with Crippen molar-refractivity contribution in [3.05, 3.63) is 28.8 Å². The first kappa shape index (κ1) is 24.5. The van der Waals surface area contributed by atoms with Gasteiger partial charge in [-0.3, -0.25) is 14.6 Å². The van der Waals surface area contributed by atoms with Crippen LogP contribution in [0, 0.1) is 18.8 Å². The first-order chi connectivity index (χ1) is 12.9. The summed E-state index contributed by atoms with van der Waals surface area (Å²) in [6.07, 6.45) is 0.287. The number of hydrogen-bond donors (Lipinski definition) is 2. The molecular formula is C19H28ClIN4O3. The average Bonchev–Trinajstić information content (AvgIpc) is 3.03. The largest absolute Gasteiger partial charge is 0.469 e. The van der Waals surface area contributed by atoms with Crippen molar-refractivity contribution in [3.8, 4) is 0 Å². The minimum atomic E-state index is -0.197. The molecule has 0 aromatic heterocycles. The Labute approximate surface area is 188 Å². The number of hydrogen-bond acceptors (Lipinski definition) is 4. The van der Waals surface area contributed by atoms with E-state index in [1.165, 1.54) is 7.11 Å². The summed E-state index contributed by atoms with van der Waals surface area (Å²) in [6.45, 7) is 5.60. The predicted molar refractivity (Wildman–Crippen MR) is 122 cm³/mol. The highest BCUT2D eigenvalue weighted by Crippen LogP contribution is 2.24. The Morgan fingerprint density at radius 1 is 1.36 bits per heavy atom. The maximum Gasteiger partial charge on any atom is 0.310 e. The van der Waals surface area contributed by atoms with Crippen LogP contribution in [0.3, 0.4) is 0 Å². The topological polar surface area (TPSA) is 83.0 Å². The molecule has 156 valence electrons. The number of nitrogens with one attached hydrogen (secondary N) is 2. The summed E-state index contributed by atoms with van der Waals surface area (Å²) in [4.78, 5) is 30.3. The van der Waals surface area contributed by atoms with Crippen LogP contribution in [0.1, 0.15) is 18.9 Å². The highest BCUT2D eigenvalue weighted by atomic mass is 127. The number of ether oxygens (including phenoxy) is 1. The van der Waals surface area contributed by atoms with Crippen LogP contribution in [-0.2, 0) is 14.3 Å². The van der Waals surface area contributed by atoms with Crippen molar-refractivity contribution in [1.82, 2.24) is 10.2 Å². The monoisotopic (exact) mass is 522 g/mol. The van der Waals surface area contributed by atoms with E-state index >= 15 is 0 Å². The molecule has 0 saturated carbocycles. The van der Waals surface area contributed by atoms with Crippen molar-refractivity contribution in [2.75, 3.05) is 39.1 Å². The lowest BCUT2D eigenvalue weighted by molar-refractivity contribution is -0.146. The van der Waals surface area contributed by atoms with Gasteiger partial charge in [0.25, 0.3) is 0 Å². The predicted octanol–water partition coefficient (Wildman–Crippen LogP) is 2.91. The molecule has 2 unspecified atom stereocenters. The number of rotatable bonds is 5. The first-order valence-electron chi connectivity index (χ1n) is 8.95. The van der Waals surface area contributed by atoms with Gasteiger partial charge in [-0.2, -0.15) is 0 Å². The molecule has 0 radical (unpaired) electrons. The van der Waals surface area contributed by atoms with Crippen LogP contribution in [-0.4, -0.2) is 56.5 Å². The summed E-state index contributed by atoms with van der Waals surface area (Å²) < 4.78 is 4.87. The van der Waals surface area contributed by atoms with E-state index in [-0.39, 0.29) is 54.1 Å². The first-order valence-corrected chi connectivity index (χ1v) is 9.33. The number of benzene rings is 1. The molecule has 2 rings (SSSR count). The van der Waals surface area contributed by atoms with Crippen LogP contribution in [0.5, 0.6) is 0 Å². The van der Waals surface area contributed by atoms with Crippen molar-refractivity contribution >= 4 is 59.1 Å². The van der Waals surface area contributed by atoms with E-state index in [1.54, 1.807) is 19.2 Å². The Morgan fingerprint density at radius 2 is 2.07 bits per heavy atom. The fourth-order valence-electron chi connectivity index (χ4n) is 3.17. The fraction of sp³-hybridized carbons (Fsp3) is 0.526. The molecule has 2 N–H and O–H groups in total. The molecule has 28 heavy (non-hydrogen) atoms. The summed E-state index contributed by atoms with van der Waals surface area (Å²) in [5, 5.41) is 6.68. The van der Waals surface area contributed by atoms with Crippen molar-refractivity contribution in [2.24, 2.45) is 16.8 Å². The number of carbonyl (C=O) groups is 2. The number of carbonyl (C=O) groups excluding carboxylic acids is 2. The number of guanidine groups is 1. The van der Waals surface area contributed by atoms with Crippen LogP contribution < -0.4 is 10.6 Å². The van der Waals surface area contributed by atoms with Crippen LogP contribution in [0.25, 0.3) is 0 Å². The van der Waals surface area contributed by atoms with E-state index in [4.69, 9.17) is 16.3 Å². The van der Waals surface area contributed by atoms with Crippen LogP contribution in [0.2, 0.25) is 5.02 Å². The second kappa shape index (κ2) is 11.5. The van der Waals surface area contributed by atoms with E-state index in [0.29, 0.717) is 36.3 Å². The van der Waals surface area contributed by atoms with Crippen molar-refractivity contribution in [1.29, 1.82) is 0 Å². The summed E-state index contributed by atoms with van der Waals surface area (Å²) in [5.41, 5.74) is 1.56. The summed E-state index contributed by atoms with van der Waals surface area (Å²) in [7, 11) is 3.10. The minimum Gasteiger partial charge on any atom is -0.469 e. The van der Waals surface area contributed by atoms with Crippen LogP contribution in [0.4, 0.5) is 5.69 Å². The van der Waals surface area contributed by atoms with Crippen LogP contribution in [0.15, 0.2) is 23.2 Å². The Bertz CT molecular complexity index is 729. The number of anilines is 1. The molecule has 1 aromatic rings. The lowest BCUT2D eigenvalue weighted by atomic mass is 9.99. The van der Waals surface area contributed by atoms with Gasteiger partial charge < -0.3 is 20.3 Å². The Hall–Kier alpha value is -1.55. The second-order valence-corrected chi connectivity index (χ2v) is 7.10. The van der Waals surface area contributed by atoms with Gasteiger partial charge in [0.1, 0.15) is 0 Å². The molecule has 1 fully saturated rings. The van der Waals surface area contributed by atoms with Gasteiger partial charge in [-0.25, -0.2) is 0 Å². The Morgan fingerprint density at radius 3 is 2.71 bits per heavy atom. The zero-order valence-electron chi connectivity index (χ0n) is 16.6. The lowest BCUT2D eigenvalue weighted by Crippen LogP contribution is -2.41. The van der Waals surface area contributed by atoms with Gasteiger partial charge in [0.2, 0.25) is 5.91 Å². The van der Waals surface area contributed by atoms with Crippen molar-refractivity contribution in [2.45, 2.75) is 20.3 Å². The number of amides is 1. The molecule has 9 heteroatoms. The third-order valence-electron chi connectivity index (χ3n) is 4.80. The smallest absolute Gasteiger partial charge is 0.310 e. The molecule has 1 aromatic carbocycles. The van der Waals surface area contributed by atoms with E-state index in [2.05, 4.69) is 15.6 Å². The third-order valence-corrected chi connectivity index (χ3v) is 5.21. The molecule has 2 atom stereocenters. The summed E-state index contributed by atoms with van der Waals surface area (Å²) in [5.74, 6) is 0.398. The Balaban J connectivity index is 0.00000392. The van der Waals surface area contributed by atoms with Gasteiger partial charge in [-0.05, 0) is 30.5 Å². The molecule has 0 bridgehead atoms. The molecule has 1 aliphatic rings. The molecule has 1 heterocycles. The van der Waals surface area contributed by atoms with Gasteiger partial charge in [-0.15, -0.1) is 24.0 Å². The van der Waals surface area contributed by atoms with Gasteiger partial charge >= 0.3 is 5.97 Å². The SMILES string of the molecule is CN=C(NCCC(=O)Nc1cccc(Cl)c1C)N1CC(C)C(C(=O)OC)C1.I. The third kappa shape index (κ3) is 6.23. The van der Waals surface area contributed by atoms with Crippen molar-refractivity contribution in [3.63, 3.8) is 0 Å². The molecular weight excluding hydrogens is 495 g/mol. The van der Waals surface area contributed by atoms with Gasteiger partial charge in [-0.1, -0.05) is 24.6 Å². The number of esters is 1. The van der Waals surface area contributed by atoms with Crippen LogP contribution >= 0.6 is 35.6 Å². The number of likely N-dealkylation sites (tertiary alicyclic amines) is 1. The molecule has 7 nitrogen and oxygen atoms in total. The number of nitrogens with zero attached hydrogens (tertiary/aromatic N) is 2. The van der Waals surface area contributed by atoms with Gasteiger partial charge in [0, 0.05) is 43.8 Å². The summed E-state index contributed by atoms with van der Waals surface area (Å²) in [6, 6.07) is 5.41. The fourth-order valence-corrected chi connectivity index (χ4v) is 3.35. The highest BCUT2D eigenvalue weighted by Gasteiger charge is 2.36. The molecule has 0 aliphatic carbocycles. The minimum absolute atomic E-state index is 0. The number of aliphatic imine (C=N–C) groups is 1. The molecule has 1 saturated heterocycles. The average molecular weight is 523 g/mol.